The van der Waals surface area contributed by atoms with E-state index in [0.29, 0.717) is 12.5 Å². The van der Waals surface area contributed by atoms with E-state index in [4.69, 9.17) is 10.5 Å². The number of hydrogen-bond acceptors (Lipinski definition) is 3. The van der Waals surface area contributed by atoms with E-state index in [1.165, 1.54) is 0 Å². The lowest BCUT2D eigenvalue weighted by molar-refractivity contribution is -0.129. The number of nitrogens with two attached hydrogens (primary N) is 1. The highest BCUT2D eigenvalue weighted by molar-refractivity contribution is 5.83. The molecule has 1 aliphatic heterocycles. The third-order valence-electron chi connectivity index (χ3n) is 2.32. The maximum absolute atomic E-state index is 11.4. The van der Waals surface area contributed by atoms with Gasteiger partial charge >= 0.3 is 0 Å². The van der Waals surface area contributed by atoms with Gasteiger partial charge in [0.25, 0.3) is 0 Å². The number of amides is 1. The maximum atomic E-state index is 11.4. The summed E-state index contributed by atoms with van der Waals surface area (Å²) >= 11 is 0. The molecule has 4 nitrogen and oxygen atoms in total. The minimum Gasteiger partial charge on any atom is -0.384 e. The van der Waals surface area contributed by atoms with Gasteiger partial charge in [-0.2, -0.15) is 0 Å². The minimum absolute atomic E-state index is 0.0861. The number of methoxy groups -OCH3 is 1. The van der Waals surface area contributed by atoms with Gasteiger partial charge in [0.1, 0.15) is 0 Å². The van der Waals surface area contributed by atoms with Crippen LogP contribution in [0.25, 0.3) is 0 Å². The smallest absolute Gasteiger partial charge is 0.239 e. The minimum atomic E-state index is -0.269. The van der Waals surface area contributed by atoms with E-state index in [-0.39, 0.29) is 11.9 Å². The molecular formula is C9H18N2O2. The highest BCUT2D eigenvalue weighted by Crippen LogP contribution is 2.11. The van der Waals surface area contributed by atoms with Gasteiger partial charge in [-0.15, -0.1) is 0 Å². The number of carbonyl (C=O) groups is 1. The van der Waals surface area contributed by atoms with Crippen molar-refractivity contribution in [3.63, 3.8) is 0 Å². The zero-order chi connectivity index (χ0) is 9.84. The SMILES string of the molecule is COCC(C)CN1CCC(N)C1=O. The standard InChI is InChI=1S/C9H18N2O2/c1-7(6-13-2)5-11-4-3-8(10)9(11)12/h7-8H,3-6,10H2,1-2H3. The first kappa shape index (κ1) is 10.5. The number of hydrogen-bond donors (Lipinski definition) is 1. The Bertz CT molecular complexity index is 184. The lowest BCUT2D eigenvalue weighted by Gasteiger charge is -2.20. The summed E-state index contributed by atoms with van der Waals surface area (Å²) in [5, 5.41) is 0. The maximum Gasteiger partial charge on any atom is 0.239 e. The van der Waals surface area contributed by atoms with Crippen molar-refractivity contribution in [3.8, 4) is 0 Å². The Balaban J connectivity index is 2.33. The molecule has 0 bridgehead atoms. The van der Waals surface area contributed by atoms with Gasteiger partial charge in [0.05, 0.1) is 12.6 Å². The van der Waals surface area contributed by atoms with E-state index in [9.17, 15) is 4.79 Å². The molecule has 1 heterocycles. The molecule has 0 aromatic rings. The molecule has 0 spiro atoms. The van der Waals surface area contributed by atoms with Crippen molar-refractivity contribution in [1.29, 1.82) is 0 Å². The van der Waals surface area contributed by atoms with E-state index < -0.39 is 0 Å². The van der Waals surface area contributed by atoms with E-state index in [2.05, 4.69) is 6.92 Å². The van der Waals surface area contributed by atoms with Crippen molar-refractivity contribution in [1.82, 2.24) is 4.90 Å². The van der Waals surface area contributed by atoms with Crippen LogP contribution in [0.5, 0.6) is 0 Å². The zero-order valence-corrected chi connectivity index (χ0v) is 8.32. The Labute approximate surface area is 79.0 Å². The Hall–Kier alpha value is -0.610. The van der Waals surface area contributed by atoms with E-state index in [0.717, 1.165) is 19.5 Å². The quantitative estimate of drug-likeness (QED) is 0.663. The zero-order valence-electron chi connectivity index (χ0n) is 8.32. The van der Waals surface area contributed by atoms with Gasteiger partial charge in [-0.1, -0.05) is 6.92 Å². The lowest BCUT2D eigenvalue weighted by Crippen LogP contribution is -2.37. The largest absolute Gasteiger partial charge is 0.384 e. The number of rotatable bonds is 4. The first-order valence-electron chi connectivity index (χ1n) is 4.68. The second-order valence-electron chi connectivity index (χ2n) is 3.74. The third-order valence-corrected chi connectivity index (χ3v) is 2.32. The third kappa shape index (κ3) is 2.67. The van der Waals surface area contributed by atoms with Crippen LogP contribution < -0.4 is 5.73 Å². The fraction of sp³-hybridized carbons (Fsp3) is 0.889. The van der Waals surface area contributed by atoms with Gasteiger partial charge in [0.15, 0.2) is 0 Å². The summed E-state index contributed by atoms with van der Waals surface area (Å²) < 4.78 is 5.01. The summed E-state index contributed by atoms with van der Waals surface area (Å²) in [4.78, 5) is 13.2. The molecule has 13 heavy (non-hydrogen) atoms. The molecule has 0 aromatic heterocycles. The predicted octanol–water partition coefficient (Wildman–Crippen LogP) is -0.171. The fourth-order valence-electron chi connectivity index (χ4n) is 1.66. The van der Waals surface area contributed by atoms with Crippen molar-refractivity contribution in [2.45, 2.75) is 19.4 Å². The average Bonchev–Trinajstić information content (AvgIpc) is 2.37. The number of likely N-dealkylation sites (tertiary alicyclic amines) is 1. The first-order chi connectivity index (χ1) is 6.15. The van der Waals surface area contributed by atoms with Gasteiger partial charge in [-0.25, -0.2) is 0 Å². The summed E-state index contributed by atoms with van der Waals surface area (Å²) in [6.07, 6.45) is 0.790. The van der Waals surface area contributed by atoms with Crippen LogP contribution in [0.15, 0.2) is 0 Å². The van der Waals surface area contributed by atoms with Crippen molar-refractivity contribution < 1.29 is 9.53 Å². The van der Waals surface area contributed by atoms with Crippen LogP contribution in [0.2, 0.25) is 0 Å². The van der Waals surface area contributed by atoms with Crippen LogP contribution in [0.1, 0.15) is 13.3 Å². The van der Waals surface area contributed by atoms with E-state index in [1.807, 2.05) is 4.90 Å². The van der Waals surface area contributed by atoms with Crippen LogP contribution >= 0.6 is 0 Å². The molecule has 76 valence electrons. The summed E-state index contributed by atoms with van der Waals surface area (Å²) in [7, 11) is 1.67. The molecule has 2 unspecified atom stereocenters. The monoisotopic (exact) mass is 186 g/mol. The molecule has 1 amide bonds. The van der Waals surface area contributed by atoms with Crippen LogP contribution in [0.3, 0.4) is 0 Å². The van der Waals surface area contributed by atoms with Gasteiger partial charge in [-0.05, 0) is 12.3 Å². The normalized spacial score (nSPS) is 25.3. The summed E-state index contributed by atoms with van der Waals surface area (Å²) in [5.74, 6) is 0.474. The van der Waals surface area contributed by atoms with Crippen LogP contribution in [-0.2, 0) is 9.53 Å². The molecule has 2 atom stereocenters. The molecule has 1 fully saturated rings. The fourth-order valence-corrected chi connectivity index (χ4v) is 1.66. The van der Waals surface area contributed by atoms with Gasteiger partial charge in [-0.3, -0.25) is 4.79 Å². The van der Waals surface area contributed by atoms with Crippen molar-refractivity contribution in [2.24, 2.45) is 11.7 Å². The molecule has 0 radical (unpaired) electrons. The van der Waals surface area contributed by atoms with Crippen molar-refractivity contribution in [2.75, 3.05) is 26.8 Å². The summed E-state index contributed by atoms with van der Waals surface area (Å²) in [6, 6.07) is -0.269. The molecule has 4 heteroatoms. The van der Waals surface area contributed by atoms with Crippen molar-refractivity contribution >= 4 is 5.91 Å². The second-order valence-corrected chi connectivity index (χ2v) is 3.74. The summed E-state index contributed by atoms with van der Waals surface area (Å²) in [6.45, 7) is 4.33. The summed E-state index contributed by atoms with van der Waals surface area (Å²) in [5.41, 5.74) is 5.60. The second kappa shape index (κ2) is 4.58. The van der Waals surface area contributed by atoms with Crippen LogP contribution in [-0.4, -0.2) is 43.7 Å². The molecule has 0 aliphatic carbocycles. The van der Waals surface area contributed by atoms with Gasteiger partial charge < -0.3 is 15.4 Å². The molecule has 0 aromatic carbocycles. The highest BCUT2D eigenvalue weighted by atomic mass is 16.5. The number of carbonyl (C=O) groups excluding carboxylic acids is 1. The topological polar surface area (TPSA) is 55.6 Å². The predicted molar refractivity (Wildman–Crippen MR) is 50.2 cm³/mol. The molecule has 1 aliphatic rings. The van der Waals surface area contributed by atoms with Crippen LogP contribution in [0, 0.1) is 5.92 Å². The molecule has 0 saturated carbocycles. The Kier molecular flexibility index (Phi) is 3.69. The van der Waals surface area contributed by atoms with Crippen molar-refractivity contribution in [3.05, 3.63) is 0 Å². The average molecular weight is 186 g/mol. The molecule has 2 N–H and O–H groups in total. The van der Waals surface area contributed by atoms with Crippen LogP contribution in [0.4, 0.5) is 0 Å². The first-order valence-corrected chi connectivity index (χ1v) is 4.68. The number of ether oxygens (including phenoxy) is 1. The van der Waals surface area contributed by atoms with E-state index >= 15 is 0 Å². The number of nitrogens with zero attached hydrogens (tertiary/aromatic N) is 1. The highest BCUT2D eigenvalue weighted by Gasteiger charge is 2.28. The molecular weight excluding hydrogens is 168 g/mol. The molecule has 1 saturated heterocycles. The molecule has 1 rings (SSSR count). The lowest BCUT2D eigenvalue weighted by atomic mass is 10.2. The Morgan fingerprint density at radius 3 is 2.92 bits per heavy atom. The Morgan fingerprint density at radius 1 is 1.77 bits per heavy atom. The van der Waals surface area contributed by atoms with E-state index in [1.54, 1.807) is 7.11 Å². The van der Waals surface area contributed by atoms with Gasteiger partial charge in [0, 0.05) is 20.2 Å². The van der Waals surface area contributed by atoms with Gasteiger partial charge in [0.2, 0.25) is 5.91 Å². The Morgan fingerprint density at radius 2 is 2.46 bits per heavy atom.